The third-order valence-electron chi connectivity index (χ3n) is 6.17. The van der Waals surface area contributed by atoms with Crippen molar-refractivity contribution in [3.8, 4) is 11.1 Å². The molecule has 0 bridgehead atoms. The lowest BCUT2D eigenvalue weighted by atomic mass is 9.69. The summed E-state index contributed by atoms with van der Waals surface area (Å²) < 4.78 is 0. The standard InChI is InChI=1S/C25H18/c1-25(2)21-14-15-8-3-4-9-16(15)22(21)20-13-7-12-18-17-10-5-6-11-19(17)24(25)23(18)20/h3-14H,1-2H3. The monoisotopic (exact) mass is 318 g/mol. The van der Waals surface area contributed by atoms with E-state index in [1.54, 1.807) is 0 Å². The summed E-state index contributed by atoms with van der Waals surface area (Å²) >= 11 is 0. The zero-order valence-electron chi connectivity index (χ0n) is 14.4. The molecule has 25 heavy (non-hydrogen) atoms. The van der Waals surface area contributed by atoms with Gasteiger partial charge in [-0.2, -0.15) is 0 Å². The van der Waals surface area contributed by atoms with Crippen LogP contribution in [0.3, 0.4) is 0 Å². The van der Waals surface area contributed by atoms with Gasteiger partial charge >= 0.3 is 0 Å². The average molecular weight is 318 g/mol. The molecule has 6 rings (SSSR count). The van der Waals surface area contributed by atoms with Crippen LogP contribution in [0.4, 0.5) is 0 Å². The van der Waals surface area contributed by atoms with Crippen molar-refractivity contribution in [1.29, 1.82) is 0 Å². The molecule has 0 radical (unpaired) electrons. The van der Waals surface area contributed by atoms with Gasteiger partial charge in [-0.1, -0.05) is 80.6 Å². The lowest BCUT2D eigenvalue weighted by molar-refractivity contribution is 0.622. The second-order valence-electron chi connectivity index (χ2n) is 7.79. The highest BCUT2D eigenvalue weighted by Gasteiger charge is 2.41. The highest BCUT2D eigenvalue weighted by atomic mass is 14.4. The van der Waals surface area contributed by atoms with Crippen LogP contribution in [-0.2, 0) is 0 Å². The summed E-state index contributed by atoms with van der Waals surface area (Å²) in [5, 5.41) is 2.86. The number of hydrogen-bond donors (Lipinski definition) is 0. The van der Waals surface area contributed by atoms with Crippen molar-refractivity contribution in [2.75, 3.05) is 0 Å². The molecule has 0 atom stereocenters. The number of benzene rings is 3. The first kappa shape index (κ1) is 13.4. The second-order valence-corrected chi connectivity index (χ2v) is 7.79. The minimum Gasteiger partial charge on any atom is -0.0616 e. The molecule has 0 heteroatoms. The fraction of sp³-hybridized carbons (Fsp3) is 0.120. The van der Waals surface area contributed by atoms with Crippen LogP contribution in [0, 0.1) is 5.41 Å². The lowest BCUT2D eigenvalue weighted by Gasteiger charge is -2.33. The van der Waals surface area contributed by atoms with E-state index in [9.17, 15) is 0 Å². The molecule has 0 heterocycles. The molecule has 3 aliphatic carbocycles. The zero-order valence-corrected chi connectivity index (χ0v) is 14.4. The van der Waals surface area contributed by atoms with Gasteiger partial charge < -0.3 is 0 Å². The number of fused-ring (bicyclic) bond motifs is 6. The molecule has 0 aliphatic heterocycles. The quantitative estimate of drug-likeness (QED) is 0.572. The Morgan fingerprint density at radius 3 is 2.16 bits per heavy atom. The maximum Gasteiger partial charge on any atom is 0.0165 e. The van der Waals surface area contributed by atoms with E-state index < -0.39 is 0 Å². The number of allylic oxidation sites excluding steroid dienone is 1. The predicted molar refractivity (Wildman–Crippen MR) is 104 cm³/mol. The minimum absolute atomic E-state index is 0.00403. The molecule has 0 aromatic heterocycles. The van der Waals surface area contributed by atoms with Crippen molar-refractivity contribution in [2.45, 2.75) is 13.8 Å². The van der Waals surface area contributed by atoms with Gasteiger partial charge in [0.1, 0.15) is 0 Å². The van der Waals surface area contributed by atoms with Gasteiger partial charge in [-0.25, -0.2) is 0 Å². The summed E-state index contributed by atoms with van der Waals surface area (Å²) in [7, 11) is 0. The molecule has 0 amide bonds. The van der Waals surface area contributed by atoms with Crippen LogP contribution in [0.5, 0.6) is 0 Å². The maximum atomic E-state index is 2.41. The van der Waals surface area contributed by atoms with Crippen LogP contribution in [0.15, 0.2) is 72.3 Å². The van der Waals surface area contributed by atoms with Gasteiger partial charge in [-0.15, -0.1) is 0 Å². The zero-order chi connectivity index (χ0) is 16.8. The Morgan fingerprint density at radius 1 is 0.640 bits per heavy atom. The molecule has 0 fully saturated rings. The number of rotatable bonds is 0. The van der Waals surface area contributed by atoms with E-state index in [-0.39, 0.29) is 5.41 Å². The summed E-state index contributed by atoms with van der Waals surface area (Å²) in [4.78, 5) is 0. The van der Waals surface area contributed by atoms with Crippen molar-refractivity contribution in [2.24, 2.45) is 5.41 Å². The van der Waals surface area contributed by atoms with Crippen LogP contribution < -0.4 is 10.4 Å². The molecule has 0 saturated carbocycles. The van der Waals surface area contributed by atoms with Crippen LogP contribution in [0.2, 0.25) is 0 Å². The topological polar surface area (TPSA) is 0 Å². The van der Waals surface area contributed by atoms with E-state index in [0.29, 0.717) is 0 Å². The van der Waals surface area contributed by atoms with Gasteiger partial charge in [0.25, 0.3) is 0 Å². The van der Waals surface area contributed by atoms with E-state index >= 15 is 0 Å². The summed E-state index contributed by atoms with van der Waals surface area (Å²) in [5.41, 5.74) is 11.3. The van der Waals surface area contributed by atoms with Gasteiger partial charge in [-0.3, -0.25) is 0 Å². The van der Waals surface area contributed by atoms with Crippen LogP contribution in [0.25, 0.3) is 28.3 Å². The Hall–Kier alpha value is -2.86. The van der Waals surface area contributed by atoms with Gasteiger partial charge in [0, 0.05) is 5.41 Å². The van der Waals surface area contributed by atoms with Gasteiger partial charge in [0.2, 0.25) is 0 Å². The van der Waals surface area contributed by atoms with Crippen molar-refractivity contribution in [3.63, 3.8) is 0 Å². The molecular formula is C25H18. The number of hydrogen-bond acceptors (Lipinski definition) is 0. The Labute approximate surface area is 147 Å². The summed E-state index contributed by atoms with van der Waals surface area (Å²) in [6.07, 6.45) is 2.41. The van der Waals surface area contributed by atoms with E-state index in [4.69, 9.17) is 0 Å². The highest BCUT2D eigenvalue weighted by Crippen LogP contribution is 2.52. The van der Waals surface area contributed by atoms with Crippen molar-refractivity contribution in [3.05, 3.63) is 99.4 Å². The van der Waals surface area contributed by atoms with Crippen LogP contribution in [0.1, 0.15) is 30.5 Å². The molecule has 0 spiro atoms. The smallest absolute Gasteiger partial charge is 0.0165 e. The third-order valence-corrected chi connectivity index (χ3v) is 6.17. The fourth-order valence-electron chi connectivity index (χ4n) is 5.12. The van der Waals surface area contributed by atoms with Crippen molar-refractivity contribution < 1.29 is 0 Å². The van der Waals surface area contributed by atoms with Gasteiger partial charge in [0.05, 0.1) is 0 Å². The molecule has 0 nitrogen and oxygen atoms in total. The lowest BCUT2D eigenvalue weighted by Crippen LogP contribution is -2.39. The van der Waals surface area contributed by atoms with E-state index in [1.807, 2.05) is 0 Å². The largest absolute Gasteiger partial charge is 0.0616 e. The molecule has 3 aromatic rings. The Morgan fingerprint density at radius 2 is 1.32 bits per heavy atom. The molecule has 118 valence electrons. The minimum atomic E-state index is 0.00403. The molecule has 3 aliphatic rings. The predicted octanol–water partition coefficient (Wildman–Crippen LogP) is 4.50. The first-order chi connectivity index (χ1) is 12.2. The fourth-order valence-corrected chi connectivity index (χ4v) is 5.12. The SMILES string of the molecule is CC1(C)C2=Cc3ccccc3C2=c2cccc3c2=C1c1ccccc1-3. The Bertz CT molecular complexity index is 1250. The summed E-state index contributed by atoms with van der Waals surface area (Å²) in [6.45, 7) is 4.78. The molecule has 0 unspecified atom stereocenters. The van der Waals surface area contributed by atoms with Crippen molar-refractivity contribution >= 4 is 17.2 Å². The molecular weight excluding hydrogens is 300 g/mol. The molecule has 0 saturated heterocycles. The van der Waals surface area contributed by atoms with Crippen molar-refractivity contribution in [1.82, 2.24) is 0 Å². The maximum absolute atomic E-state index is 2.41. The second kappa shape index (κ2) is 4.21. The highest BCUT2D eigenvalue weighted by molar-refractivity contribution is 6.04. The first-order valence-corrected chi connectivity index (χ1v) is 8.98. The van der Waals surface area contributed by atoms with E-state index in [2.05, 4.69) is 86.7 Å². The molecule has 3 aromatic carbocycles. The van der Waals surface area contributed by atoms with E-state index in [1.165, 1.54) is 55.0 Å². The molecule has 0 N–H and O–H groups in total. The first-order valence-electron chi connectivity index (χ1n) is 8.98. The Kier molecular flexibility index (Phi) is 2.26. The van der Waals surface area contributed by atoms with Gasteiger partial charge in [-0.05, 0) is 61.0 Å². The summed E-state index contributed by atoms with van der Waals surface area (Å²) in [6, 6.07) is 24.5. The normalized spacial score (nSPS) is 17.6. The Balaban J connectivity index is 1.91. The van der Waals surface area contributed by atoms with Gasteiger partial charge in [0.15, 0.2) is 0 Å². The van der Waals surface area contributed by atoms with Crippen LogP contribution in [-0.4, -0.2) is 0 Å². The third kappa shape index (κ3) is 1.45. The average Bonchev–Trinajstić information content (AvgIpc) is 3.18. The van der Waals surface area contributed by atoms with Crippen LogP contribution >= 0.6 is 0 Å². The summed E-state index contributed by atoms with van der Waals surface area (Å²) in [5.74, 6) is 0. The van der Waals surface area contributed by atoms with E-state index in [0.717, 1.165) is 0 Å².